The second-order valence-corrected chi connectivity index (χ2v) is 10.5. The number of fused-ring (bicyclic) bond motifs is 1. The molecule has 1 fully saturated rings. The van der Waals surface area contributed by atoms with Gasteiger partial charge in [0.05, 0.1) is 5.69 Å². The summed E-state index contributed by atoms with van der Waals surface area (Å²) in [5.41, 5.74) is 4.97. The largest absolute Gasteiger partial charge is 0.508 e. The van der Waals surface area contributed by atoms with Crippen LogP contribution in [0.3, 0.4) is 0 Å². The maximum atomic E-state index is 15.7. The van der Waals surface area contributed by atoms with Gasteiger partial charge < -0.3 is 15.0 Å². The molecule has 0 spiro atoms. The highest BCUT2D eigenvalue weighted by Gasteiger charge is 2.26. The molecule has 1 saturated heterocycles. The summed E-state index contributed by atoms with van der Waals surface area (Å²) in [7, 11) is 0. The number of nitrogens with one attached hydrogen (secondary N) is 2. The lowest BCUT2D eigenvalue weighted by molar-refractivity contribution is -0.127. The molecule has 1 atom stereocenters. The number of phenols is 1. The average Bonchev–Trinajstić information content (AvgIpc) is 3.69. The van der Waals surface area contributed by atoms with Crippen molar-refractivity contribution in [3.63, 3.8) is 0 Å². The maximum absolute atomic E-state index is 15.7. The third kappa shape index (κ3) is 4.71. The monoisotopic (exact) mass is 528 g/mol. The number of nitrogens with zero attached hydrogens (tertiary/aromatic N) is 4. The number of aromatic nitrogens is 4. The fraction of sp³-hybridized carbons (Fsp3) is 0.367. The highest BCUT2D eigenvalue weighted by atomic mass is 19.1. The van der Waals surface area contributed by atoms with E-state index in [-0.39, 0.29) is 17.5 Å². The second kappa shape index (κ2) is 10.3. The van der Waals surface area contributed by atoms with Crippen molar-refractivity contribution in [2.75, 3.05) is 26.2 Å². The number of halogens is 1. The van der Waals surface area contributed by atoms with Gasteiger partial charge in [0.15, 0.2) is 11.6 Å². The predicted molar refractivity (Wildman–Crippen MR) is 150 cm³/mol. The van der Waals surface area contributed by atoms with Crippen molar-refractivity contribution in [3.05, 3.63) is 59.7 Å². The van der Waals surface area contributed by atoms with Crippen LogP contribution in [0.15, 0.2) is 42.6 Å². The zero-order valence-electron chi connectivity index (χ0n) is 22.3. The SMILES string of the molecule is CCc1cc(O)ccc1-c1ccc2c(-c3nc(C4=CC[C@H](C)N(CCN5CCCC5=O)C4)c[nH]3)n[nH]c2c1F. The molecule has 0 unspecified atom stereocenters. The van der Waals surface area contributed by atoms with Crippen LogP contribution < -0.4 is 0 Å². The van der Waals surface area contributed by atoms with Gasteiger partial charge in [-0.2, -0.15) is 5.10 Å². The van der Waals surface area contributed by atoms with Gasteiger partial charge in [-0.3, -0.25) is 14.8 Å². The molecule has 2 aliphatic heterocycles. The molecule has 0 bridgehead atoms. The number of aryl methyl sites for hydroxylation is 1. The third-order valence-electron chi connectivity index (χ3n) is 8.10. The van der Waals surface area contributed by atoms with Crippen molar-refractivity contribution in [3.8, 4) is 28.4 Å². The number of carbonyl (C=O) groups is 1. The van der Waals surface area contributed by atoms with E-state index in [9.17, 15) is 9.90 Å². The van der Waals surface area contributed by atoms with Crippen molar-refractivity contribution >= 4 is 22.4 Å². The van der Waals surface area contributed by atoms with Crippen molar-refractivity contribution < 1.29 is 14.3 Å². The van der Waals surface area contributed by atoms with Crippen molar-refractivity contribution in [1.82, 2.24) is 30.0 Å². The molecule has 202 valence electrons. The van der Waals surface area contributed by atoms with E-state index in [4.69, 9.17) is 4.98 Å². The van der Waals surface area contributed by atoms with Gasteiger partial charge in [-0.25, -0.2) is 9.37 Å². The Kier molecular flexibility index (Phi) is 6.68. The van der Waals surface area contributed by atoms with E-state index in [1.54, 1.807) is 24.3 Å². The Bertz CT molecular complexity index is 1570. The third-order valence-corrected chi connectivity index (χ3v) is 8.10. The molecule has 2 aromatic heterocycles. The summed E-state index contributed by atoms with van der Waals surface area (Å²) in [6.45, 7) is 7.43. The fourth-order valence-electron chi connectivity index (χ4n) is 5.76. The van der Waals surface area contributed by atoms with Crippen molar-refractivity contribution in [2.24, 2.45) is 0 Å². The molecule has 6 rings (SSSR count). The zero-order chi connectivity index (χ0) is 27.1. The molecular weight excluding hydrogens is 495 g/mol. The van der Waals surface area contributed by atoms with Gasteiger partial charge in [-0.1, -0.05) is 25.1 Å². The second-order valence-electron chi connectivity index (χ2n) is 10.5. The number of phenolic OH excluding ortho intramolecular Hbond substituents is 1. The van der Waals surface area contributed by atoms with E-state index in [0.717, 1.165) is 61.4 Å². The first kappa shape index (κ1) is 25.3. The number of amides is 1. The highest BCUT2D eigenvalue weighted by Crippen LogP contribution is 2.35. The van der Waals surface area contributed by atoms with Crippen molar-refractivity contribution in [2.45, 2.75) is 45.6 Å². The Balaban J connectivity index is 1.24. The first-order chi connectivity index (χ1) is 18.9. The van der Waals surface area contributed by atoms with Crippen LogP contribution in [0.5, 0.6) is 5.75 Å². The van der Waals surface area contributed by atoms with E-state index >= 15 is 4.39 Å². The number of aromatic amines is 2. The Morgan fingerprint density at radius 1 is 1.18 bits per heavy atom. The molecule has 2 aliphatic rings. The predicted octanol–water partition coefficient (Wildman–Crippen LogP) is 5.13. The molecule has 1 amide bonds. The lowest BCUT2D eigenvalue weighted by Crippen LogP contribution is -2.42. The number of benzene rings is 2. The number of imidazole rings is 1. The van der Waals surface area contributed by atoms with Gasteiger partial charge >= 0.3 is 0 Å². The summed E-state index contributed by atoms with van der Waals surface area (Å²) in [6.07, 6.45) is 7.34. The number of hydrogen-bond acceptors (Lipinski definition) is 5. The number of rotatable bonds is 7. The first-order valence-electron chi connectivity index (χ1n) is 13.7. The molecule has 2 aromatic carbocycles. The molecule has 0 aliphatic carbocycles. The minimum Gasteiger partial charge on any atom is -0.508 e. The Morgan fingerprint density at radius 3 is 2.82 bits per heavy atom. The van der Waals surface area contributed by atoms with E-state index in [1.807, 2.05) is 24.1 Å². The summed E-state index contributed by atoms with van der Waals surface area (Å²) in [5, 5.41) is 17.8. The van der Waals surface area contributed by atoms with Crippen LogP contribution in [0.1, 0.15) is 44.4 Å². The maximum Gasteiger partial charge on any atom is 0.222 e. The van der Waals surface area contributed by atoms with Gasteiger partial charge in [-0.05, 0) is 61.1 Å². The normalized spacial score (nSPS) is 18.3. The van der Waals surface area contributed by atoms with Crippen LogP contribution in [-0.4, -0.2) is 73.2 Å². The summed E-state index contributed by atoms with van der Waals surface area (Å²) in [6, 6.07) is 9.03. The van der Waals surface area contributed by atoms with Crippen LogP contribution in [0.2, 0.25) is 0 Å². The standard InChI is InChI=1S/C30H33FN6O2/c1-3-19-15-21(38)8-9-22(19)23-10-11-24-28(27(23)31)34-35-29(24)30-32-16-25(33-30)20-7-6-18(2)37(17-20)14-13-36-12-4-5-26(36)39/h7-11,15-16,18,38H,3-6,12-14,17H2,1-2H3,(H,32,33)(H,34,35)/t18-/m0/s1. The van der Waals surface area contributed by atoms with Gasteiger partial charge in [0.25, 0.3) is 0 Å². The Labute approximate surface area is 226 Å². The topological polar surface area (TPSA) is 101 Å². The van der Waals surface area contributed by atoms with Gasteiger partial charge in [0.2, 0.25) is 5.91 Å². The molecule has 8 nitrogen and oxygen atoms in total. The van der Waals surface area contributed by atoms with Crippen LogP contribution in [0, 0.1) is 5.82 Å². The van der Waals surface area contributed by atoms with E-state index in [1.165, 1.54) is 0 Å². The van der Waals surface area contributed by atoms with E-state index < -0.39 is 0 Å². The number of likely N-dealkylation sites (tertiary alicyclic amines) is 1. The molecule has 9 heteroatoms. The van der Waals surface area contributed by atoms with E-state index in [0.29, 0.717) is 46.9 Å². The molecule has 3 N–H and O–H groups in total. The van der Waals surface area contributed by atoms with Crippen LogP contribution in [-0.2, 0) is 11.2 Å². The highest BCUT2D eigenvalue weighted by molar-refractivity contribution is 5.95. The van der Waals surface area contributed by atoms with Crippen LogP contribution in [0.25, 0.3) is 39.1 Å². The van der Waals surface area contributed by atoms with E-state index in [2.05, 4.69) is 33.1 Å². The summed E-state index contributed by atoms with van der Waals surface area (Å²) >= 11 is 0. The molecular formula is C30H33FN6O2. The van der Waals surface area contributed by atoms with Crippen molar-refractivity contribution in [1.29, 1.82) is 0 Å². The Morgan fingerprint density at radius 2 is 2.03 bits per heavy atom. The molecule has 4 aromatic rings. The van der Waals surface area contributed by atoms with Gasteiger partial charge in [0, 0.05) is 55.8 Å². The lowest BCUT2D eigenvalue weighted by atomic mass is 9.96. The number of hydrogen-bond donors (Lipinski definition) is 3. The smallest absolute Gasteiger partial charge is 0.222 e. The zero-order valence-corrected chi connectivity index (χ0v) is 22.3. The molecule has 4 heterocycles. The average molecular weight is 529 g/mol. The minimum atomic E-state index is -0.380. The Hall–Kier alpha value is -3.98. The lowest BCUT2D eigenvalue weighted by Gasteiger charge is -2.34. The molecule has 0 radical (unpaired) electrons. The molecule has 0 saturated carbocycles. The quantitative estimate of drug-likeness (QED) is 0.309. The summed E-state index contributed by atoms with van der Waals surface area (Å²) in [4.78, 5) is 24.5. The first-order valence-corrected chi connectivity index (χ1v) is 13.7. The summed E-state index contributed by atoms with van der Waals surface area (Å²) in [5.74, 6) is 0.628. The minimum absolute atomic E-state index is 0.168. The van der Waals surface area contributed by atoms with Gasteiger partial charge in [0.1, 0.15) is 17.0 Å². The molecule has 39 heavy (non-hydrogen) atoms. The number of H-pyrrole nitrogens is 2. The summed E-state index contributed by atoms with van der Waals surface area (Å²) < 4.78 is 15.7. The fourth-order valence-corrected chi connectivity index (χ4v) is 5.76. The number of aromatic hydroxyl groups is 1. The van der Waals surface area contributed by atoms with Crippen LogP contribution >= 0.6 is 0 Å². The van der Waals surface area contributed by atoms with Crippen LogP contribution in [0.4, 0.5) is 4.39 Å². The van der Waals surface area contributed by atoms with Gasteiger partial charge in [-0.15, -0.1) is 0 Å². The number of carbonyl (C=O) groups excluding carboxylic acids is 1.